The molecule has 0 heterocycles. The van der Waals surface area contributed by atoms with Crippen molar-refractivity contribution in [2.45, 2.75) is 19.8 Å². The maximum absolute atomic E-state index is 12.6. The van der Waals surface area contributed by atoms with Crippen molar-refractivity contribution >= 4 is 60.1 Å². The van der Waals surface area contributed by atoms with Crippen LogP contribution in [0.15, 0.2) is 51.4 Å². The minimum absolute atomic E-state index is 0.256. The molecule has 0 aromatic heterocycles. The topological polar surface area (TPSA) is 58.2 Å². The number of rotatable bonds is 7. The number of carbonyl (C=O) groups excluding carboxylic acids is 1. The van der Waals surface area contributed by atoms with Crippen molar-refractivity contribution in [3.63, 3.8) is 0 Å². The molecular weight excluding hydrogens is 456 g/mol. The lowest BCUT2D eigenvalue weighted by Crippen LogP contribution is -2.16. The minimum atomic E-state index is -1.21. The fraction of sp³-hybridized carbons (Fsp3) is 0.235. The second kappa shape index (κ2) is 9.34. The molecule has 1 amide bonds. The lowest BCUT2D eigenvalue weighted by atomic mass is 10.1. The zero-order valence-corrected chi connectivity index (χ0v) is 17.1. The first-order valence-corrected chi connectivity index (χ1v) is 10.4. The molecule has 2 N–H and O–H groups in total. The van der Waals surface area contributed by atoms with Crippen molar-refractivity contribution in [3.05, 3.63) is 57.0 Å². The van der Waals surface area contributed by atoms with Crippen LogP contribution in [0, 0.1) is 0 Å². The van der Waals surface area contributed by atoms with Crippen LogP contribution in [0.3, 0.4) is 0 Å². The normalized spacial score (nSPS) is 11.8. The molecule has 0 saturated carbocycles. The molecule has 2 rings (SSSR count). The van der Waals surface area contributed by atoms with Gasteiger partial charge in [-0.15, -0.1) is 0 Å². The average Bonchev–Trinajstić information content (AvgIpc) is 2.56. The van der Waals surface area contributed by atoms with E-state index in [4.69, 9.17) is 0 Å². The Kier molecular flexibility index (Phi) is 7.45. The van der Waals surface area contributed by atoms with Crippen LogP contribution in [0.2, 0.25) is 0 Å². The Morgan fingerprint density at radius 3 is 2.42 bits per heavy atom. The quantitative estimate of drug-likeness (QED) is 0.570. The Morgan fingerprint density at radius 1 is 1.08 bits per heavy atom. The Hall–Kier alpha value is -1.18. The van der Waals surface area contributed by atoms with E-state index in [-0.39, 0.29) is 5.91 Å². The van der Waals surface area contributed by atoms with Gasteiger partial charge in [-0.25, -0.2) is 4.21 Å². The SMILES string of the molecule is CCCCS(=O)Nc1ccc(Br)cc1C(=O)Nc1ccc(Br)cc1. The van der Waals surface area contributed by atoms with Gasteiger partial charge in [0.25, 0.3) is 5.91 Å². The first-order valence-electron chi connectivity index (χ1n) is 7.51. The van der Waals surface area contributed by atoms with Crippen LogP contribution in [0.4, 0.5) is 11.4 Å². The predicted octanol–water partition coefficient (Wildman–Crippen LogP) is 5.34. The fourth-order valence-electron chi connectivity index (χ4n) is 1.97. The smallest absolute Gasteiger partial charge is 0.257 e. The van der Waals surface area contributed by atoms with Crippen LogP contribution < -0.4 is 10.0 Å². The molecule has 0 fully saturated rings. The summed E-state index contributed by atoms with van der Waals surface area (Å²) in [6.45, 7) is 2.05. The summed E-state index contributed by atoms with van der Waals surface area (Å²) in [4.78, 5) is 12.6. The van der Waals surface area contributed by atoms with E-state index in [9.17, 15) is 9.00 Å². The second-order valence-electron chi connectivity index (χ2n) is 5.16. The number of benzene rings is 2. The van der Waals surface area contributed by atoms with Gasteiger partial charge in [0.2, 0.25) is 0 Å². The van der Waals surface area contributed by atoms with E-state index in [0.717, 1.165) is 21.8 Å². The summed E-state index contributed by atoms with van der Waals surface area (Å²) in [5.74, 6) is 0.300. The van der Waals surface area contributed by atoms with Gasteiger partial charge in [0, 0.05) is 20.4 Å². The molecule has 0 radical (unpaired) electrons. The van der Waals surface area contributed by atoms with Gasteiger partial charge in [-0.2, -0.15) is 0 Å². The highest BCUT2D eigenvalue weighted by molar-refractivity contribution is 9.10. The van der Waals surface area contributed by atoms with Crippen molar-refractivity contribution in [2.75, 3.05) is 15.8 Å². The predicted molar refractivity (Wildman–Crippen MR) is 108 cm³/mol. The Balaban J connectivity index is 2.18. The molecule has 2 aromatic rings. The standard InChI is InChI=1S/C17H18Br2N2O2S/c1-2-3-10-24(23)21-16-9-6-13(19)11-15(16)17(22)20-14-7-4-12(18)5-8-14/h4-9,11,21H,2-3,10H2,1H3,(H,20,22). The largest absolute Gasteiger partial charge is 0.322 e. The van der Waals surface area contributed by atoms with Gasteiger partial charge < -0.3 is 10.0 Å². The molecule has 7 heteroatoms. The molecule has 24 heavy (non-hydrogen) atoms. The van der Waals surface area contributed by atoms with Gasteiger partial charge in [0.05, 0.1) is 11.3 Å². The molecule has 1 atom stereocenters. The van der Waals surface area contributed by atoms with Crippen LogP contribution in [-0.2, 0) is 11.0 Å². The minimum Gasteiger partial charge on any atom is -0.322 e. The van der Waals surface area contributed by atoms with E-state index in [0.29, 0.717) is 22.7 Å². The van der Waals surface area contributed by atoms with E-state index < -0.39 is 11.0 Å². The van der Waals surface area contributed by atoms with Crippen LogP contribution in [0.5, 0.6) is 0 Å². The first kappa shape index (κ1) is 19.1. The monoisotopic (exact) mass is 472 g/mol. The summed E-state index contributed by atoms with van der Waals surface area (Å²) in [5.41, 5.74) is 1.70. The molecule has 0 spiro atoms. The van der Waals surface area contributed by atoms with E-state index in [2.05, 4.69) is 41.9 Å². The zero-order valence-electron chi connectivity index (χ0n) is 13.1. The Labute approximate surface area is 161 Å². The Bertz CT molecular complexity index is 736. The summed E-state index contributed by atoms with van der Waals surface area (Å²) in [6, 6.07) is 12.6. The third kappa shape index (κ3) is 5.72. The molecule has 0 bridgehead atoms. The van der Waals surface area contributed by atoms with E-state index in [1.165, 1.54) is 0 Å². The number of nitrogens with one attached hydrogen (secondary N) is 2. The molecule has 4 nitrogen and oxygen atoms in total. The van der Waals surface area contributed by atoms with Gasteiger partial charge in [0.1, 0.15) is 11.0 Å². The van der Waals surface area contributed by atoms with Crippen LogP contribution in [0.1, 0.15) is 30.1 Å². The highest BCUT2D eigenvalue weighted by Gasteiger charge is 2.14. The summed E-state index contributed by atoms with van der Waals surface area (Å²) in [7, 11) is -1.21. The van der Waals surface area contributed by atoms with Crippen LogP contribution in [-0.4, -0.2) is 15.9 Å². The van der Waals surface area contributed by atoms with Gasteiger partial charge in [-0.05, 0) is 48.9 Å². The molecule has 0 aliphatic carbocycles. The highest BCUT2D eigenvalue weighted by atomic mass is 79.9. The van der Waals surface area contributed by atoms with E-state index >= 15 is 0 Å². The maximum Gasteiger partial charge on any atom is 0.257 e. The summed E-state index contributed by atoms with van der Waals surface area (Å²) in [6.07, 6.45) is 1.85. The number of unbranched alkanes of at least 4 members (excludes halogenated alkanes) is 1. The third-order valence-electron chi connectivity index (χ3n) is 3.24. The number of amides is 1. The van der Waals surface area contributed by atoms with Crippen LogP contribution in [0.25, 0.3) is 0 Å². The summed E-state index contributed by atoms with van der Waals surface area (Å²) in [5, 5.41) is 2.85. The van der Waals surface area contributed by atoms with Crippen molar-refractivity contribution in [3.8, 4) is 0 Å². The number of carbonyl (C=O) groups is 1. The first-order chi connectivity index (χ1) is 11.5. The third-order valence-corrected chi connectivity index (χ3v) is 5.36. The lowest BCUT2D eigenvalue weighted by Gasteiger charge is -2.12. The summed E-state index contributed by atoms with van der Waals surface area (Å²) >= 11 is 6.74. The van der Waals surface area contributed by atoms with Crippen molar-refractivity contribution in [2.24, 2.45) is 0 Å². The zero-order chi connectivity index (χ0) is 17.5. The molecule has 2 aromatic carbocycles. The van der Waals surface area contributed by atoms with Gasteiger partial charge in [-0.3, -0.25) is 4.79 Å². The van der Waals surface area contributed by atoms with Crippen molar-refractivity contribution < 1.29 is 9.00 Å². The number of hydrogen-bond acceptors (Lipinski definition) is 2. The molecule has 128 valence electrons. The number of hydrogen-bond donors (Lipinski definition) is 2. The molecular formula is C17H18Br2N2O2S. The summed E-state index contributed by atoms with van der Waals surface area (Å²) < 4.78 is 16.7. The number of halogens is 2. The average molecular weight is 474 g/mol. The van der Waals surface area contributed by atoms with E-state index in [1.54, 1.807) is 12.1 Å². The van der Waals surface area contributed by atoms with Gasteiger partial charge in [-0.1, -0.05) is 45.2 Å². The van der Waals surface area contributed by atoms with E-state index in [1.807, 2.05) is 37.3 Å². The van der Waals surface area contributed by atoms with Crippen LogP contribution >= 0.6 is 31.9 Å². The Morgan fingerprint density at radius 2 is 1.75 bits per heavy atom. The fourth-order valence-corrected chi connectivity index (χ4v) is 3.68. The van der Waals surface area contributed by atoms with Crippen molar-refractivity contribution in [1.29, 1.82) is 0 Å². The lowest BCUT2D eigenvalue weighted by molar-refractivity contribution is 0.102. The highest BCUT2D eigenvalue weighted by Crippen LogP contribution is 2.23. The van der Waals surface area contributed by atoms with Crippen molar-refractivity contribution in [1.82, 2.24) is 0 Å². The molecule has 0 aliphatic rings. The number of anilines is 2. The molecule has 0 saturated heterocycles. The molecule has 1 unspecified atom stereocenters. The van der Waals surface area contributed by atoms with Gasteiger partial charge >= 0.3 is 0 Å². The molecule has 0 aliphatic heterocycles. The maximum atomic E-state index is 12.6. The van der Waals surface area contributed by atoms with Gasteiger partial charge in [0.15, 0.2) is 0 Å². The second-order valence-corrected chi connectivity index (χ2v) is 8.29.